The molecule has 1 aliphatic heterocycles. The van der Waals surface area contributed by atoms with Crippen molar-refractivity contribution in [2.75, 3.05) is 0 Å². The fourth-order valence-electron chi connectivity index (χ4n) is 3.36. The first kappa shape index (κ1) is 18.6. The molecular weight excluding hydrogens is 389 g/mol. The molecule has 1 fully saturated rings. The predicted molar refractivity (Wildman–Crippen MR) is 101 cm³/mol. The Hall–Kier alpha value is -2.74. The monoisotopic (exact) mass is 404 g/mol. The number of fused-ring (bicyclic) bond motifs is 1. The number of aromatic nitrogens is 1. The summed E-state index contributed by atoms with van der Waals surface area (Å²) in [6.45, 7) is 0.401. The van der Waals surface area contributed by atoms with Gasteiger partial charge in [0.2, 0.25) is 5.12 Å². The summed E-state index contributed by atoms with van der Waals surface area (Å²) in [6, 6.07) is 12.1. The van der Waals surface area contributed by atoms with Gasteiger partial charge in [-0.05, 0) is 29.3 Å². The number of benzene rings is 2. The van der Waals surface area contributed by atoms with E-state index in [1.807, 2.05) is 35.0 Å². The minimum Gasteiger partial charge on any atom is -0.343 e. The Morgan fingerprint density at radius 3 is 2.39 bits per heavy atom. The van der Waals surface area contributed by atoms with Crippen LogP contribution in [0.4, 0.5) is 18.0 Å². The summed E-state index contributed by atoms with van der Waals surface area (Å²) in [6.07, 6.45) is -2.09. The van der Waals surface area contributed by atoms with Crippen molar-refractivity contribution in [1.29, 1.82) is 0 Å². The van der Waals surface area contributed by atoms with Crippen molar-refractivity contribution < 1.29 is 22.8 Å². The fourth-order valence-corrected chi connectivity index (χ4v) is 4.03. The number of halogens is 3. The van der Waals surface area contributed by atoms with Gasteiger partial charge in [0, 0.05) is 41.8 Å². The van der Waals surface area contributed by atoms with Crippen LogP contribution in [0, 0.1) is 0 Å². The van der Waals surface area contributed by atoms with Crippen LogP contribution in [0.1, 0.15) is 16.7 Å². The van der Waals surface area contributed by atoms with Gasteiger partial charge in [-0.25, -0.2) is 0 Å². The van der Waals surface area contributed by atoms with Crippen LogP contribution in [-0.4, -0.2) is 21.0 Å². The van der Waals surface area contributed by atoms with Crippen LogP contribution >= 0.6 is 11.8 Å². The Balaban J connectivity index is 1.63. The highest BCUT2D eigenvalue weighted by Crippen LogP contribution is 2.30. The number of amides is 1. The number of alkyl halides is 3. The van der Waals surface area contributed by atoms with Crippen molar-refractivity contribution in [2.24, 2.45) is 0 Å². The van der Waals surface area contributed by atoms with Crippen molar-refractivity contribution in [3.8, 4) is 0 Å². The molecule has 2 aromatic carbocycles. The molecule has 0 spiro atoms. The SMILES string of the molecule is O=C1NC(Cc2cn(Cc3ccc(C(F)(F)F)cc3)c3ccccc23)C(=O)S1. The lowest BCUT2D eigenvalue weighted by Gasteiger charge is -2.09. The largest absolute Gasteiger partial charge is 0.416 e. The van der Waals surface area contributed by atoms with Gasteiger partial charge >= 0.3 is 6.18 Å². The molecule has 1 amide bonds. The van der Waals surface area contributed by atoms with E-state index in [4.69, 9.17) is 0 Å². The second-order valence-corrected chi connectivity index (χ2v) is 7.58. The average molecular weight is 404 g/mol. The lowest BCUT2D eigenvalue weighted by atomic mass is 10.1. The summed E-state index contributed by atoms with van der Waals surface area (Å²) in [5.41, 5.74) is 1.88. The summed E-state index contributed by atoms with van der Waals surface area (Å²) in [4.78, 5) is 23.3. The molecule has 1 N–H and O–H groups in total. The predicted octanol–water partition coefficient (Wildman–Crippen LogP) is 4.60. The maximum absolute atomic E-state index is 12.7. The molecule has 4 nitrogen and oxygen atoms in total. The molecule has 0 saturated carbocycles. The topological polar surface area (TPSA) is 51.1 Å². The van der Waals surface area contributed by atoms with E-state index < -0.39 is 17.8 Å². The van der Waals surface area contributed by atoms with E-state index in [1.165, 1.54) is 12.1 Å². The number of hydrogen-bond acceptors (Lipinski definition) is 3. The van der Waals surface area contributed by atoms with Crippen molar-refractivity contribution in [3.05, 3.63) is 71.4 Å². The second kappa shape index (κ2) is 7.01. The number of carbonyl (C=O) groups excluding carboxylic acids is 2. The Bertz CT molecular complexity index is 1060. The van der Waals surface area contributed by atoms with Crippen LogP contribution < -0.4 is 5.32 Å². The summed E-state index contributed by atoms with van der Waals surface area (Å²) in [7, 11) is 0. The van der Waals surface area contributed by atoms with E-state index in [-0.39, 0.29) is 10.4 Å². The van der Waals surface area contributed by atoms with Crippen LogP contribution in [0.3, 0.4) is 0 Å². The molecule has 8 heteroatoms. The van der Waals surface area contributed by atoms with Gasteiger partial charge in [-0.3, -0.25) is 9.59 Å². The smallest absolute Gasteiger partial charge is 0.343 e. The first-order valence-electron chi connectivity index (χ1n) is 8.56. The zero-order valence-corrected chi connectivity index (χ0v) is 15.3. The van der Waals surface area contributed by atoms with Crippen LogP contribution in [-0.2, 0) is 23.9 Å². The van der Waals surface area contributed by atoms with Gasteiger partial charge in [0.05, 0.1) is 5.56 Å². The van der Waals surface area contributed by atoms with E-state index >= 15 is 0 Å². The van der Waals surface area contributed by atoms with Crippen molar-refractivity contribution >= 4 is 33.0 Å². The highest BCUT2D eigenvalue weighted by atomic mass is 32.2. The van der Waals surface area contributed by atoms with Gasteiger partial charge in [0.25, 0.3) is 5.24 Å². The Morgan fingerprint density at radius 2 is 1.75 bits per heavy atom. The zero-order chi connectivity index (χ0) is 19.9. The molecule has 144 valence electrons. The standard InChI is InChI=1S/C20H15F3N2O2S/c21-20(22,23)14-7-5-12(6-8-14)10-25-11-13(15-3-1-2-4-17(15)25)9-16-18(26)28-19(27)24-16/h1-8,11,16H,9-10H2,(H,24,27). The normalized spacial score (nSPS) is 17.3. The molecule has 1 aromatic heterocycles. The quantitative estimate of drug-likeness (QED) is 0.691. The van der Waals surface area contributed by atoms with Gasteiger partial charge in [-0.15, -0.1) is 0 Å². The van der Waals surface area contributed by atoms with Gasteiger partial charge in [-0.2, -0.15) is 13.2 Å². The van der Waals surface area contributed by atoms with Crippen LogP contribution in [0.5, 0.6) is 0 Å². The average Bonchev–Trinajstić information content (AvgIpc) is 3.15. The number of nitrogens with one attached hydrogen (secondary N) is 1. The minimum atomic E-state index is -4.36. The van der Waals surface area contributed by atoms with Crippen molar-refractivity contribution in [1.82, 2.24) is 9.88 Å². The summed E-state index contributed by atoms with van der Waals surface area (Å²) in [5, 5.41) is 3.06. The fraction of sp³-hybridized carbons (Fsp3) is 0.200. The molecule has 1 aliphatic rings. The number of hydrogen-bond donors (Lipinski definition) is 1. The molecule has 0 radical (unpaired) electrons. The summed E-state index contributed by atoms with van der Waals surface area (Å²) in [5.74, 6) is 0. The highest BCUT2D eigenvalue weighted by Gasteiger charge is 2.32. The highest BCUT2D eigenvalue weighted by molar-refractivity contribution is 8.26. The van der Waals surface area contributed by atoms with Gasteiger partial charge < -0.3 is 9.88 Å². The first-order valence-corrected chi connectivity index (χ1v) is 9.38. The molecule has 1 unspecified atom stereocenters. The van der Waals surface area contributed by atoms with Crippen LogP contribution in [0.15, 0.2) is 54.7 Å². The lowest BCUT2D eigenvalue weighted by Crippen LogP contribution is -2.30. The van der Waals surface area contributed by atoms with Gasteiger partial charge in [0.1, 0.15) is 6.04 Å². The third kappa shape index (κ3) is 3.64. The summed E-state index contributed by atoms with van der Waals surface area (Å²) < 4.78 is 40.2. The van der Waals surface area contributed by atoms with Crippen LogP contribution in [0.2, 0.25) is 0 Å². The Labute approximate surface area is 162 Å². The van der Waals surface area contributed by atoms with Crippen molar-refractivity contribution in [2.45, 2.75) is 25.2 Å². The first-order chi connectivity index (χ1) is 13.3. The van der Waals surface area contributed by atoms with E-state index in [0.717, 1.165) is 34.2 Å². The van der Waals surface area contributed by atoms with E-state index in [9.17, 15) is 22.8 Å². The Kier molecular flexibility index (Phi) is 4.66. The molecular formula is C20H15F3N2O2S. The zero-order valence-electron chi connectivity index (χ0n) is 14.5. The molecule has 2 heterocycles. The number of carbonyl (C=O) groups is 2. The van der Waals surface area contributed by atoms with Gasteiger partial charge in [0.15, 0.2) is 0 Å². The van der Waals surface area contributed by atoms with Gasteiger partial charge in [-0.1, -0.05) is 30.3 Å². The maximum Gasteiger partial charge on any atom is 0.416 e. The minimum absolute atomic E-state index is 0.204. The number of nitrogens with zero attached hydrogens (tertiary/aromatic N) is 1. The van der Waals surface area contributed by atoms with E-state index in [1.54, 1.807) is 0 Å². The molecule has 0 bridgehead atoms. The molecule has 0 aliphatic carbocycles. The second-order valence-electron chi connectivity index (χ2n) is 6.60. The molecule has 3 aromatic rings. The third-order valence-corrected chi connectivity index (χ3v) is 5.49. The number of thioether (sulfide) groups is 1. The molecule has 28 heavy (non-hydrogen) atoms. The van der Waals surface area contributed by atoms with E-state index in [2.05, 4.69) is 5.32 Å². The molecule has 1 saturated heterocycles. The van der Waals surface area contributed by atoms with Crippen molar-refractivity contribution in [3.63, 3.8) is 0 Å². The third-order valence-electron chi connectivity index (χ3n) is 4.70. The Morgan fingerprint density at radius 1 is 1.04 bits per heavy atom. The summed E-state index contributed by atoms with van der Waals surface area (Å²) >= 11 is 0.678. The maximum atomic E-state index is 12.7. The number of para-hydroxylation sites is 1. The number of rotatable bonds is 4. The molecule has 4 rings (SSSR count). The molecule has 1 atom stereocenters. The van der Waals surface area contributed by atoms with Crippen LogP contribution in [0.25, 0.3) is 10.9 Å². The lowest BCUT2D eigenvalue weighted by molar-refractivity contribution is -0.137. The van der Waals surface area contributed by atoms with E-state index in [0.29, 0.717) is 24.7 Å².